The van der Waals surface area contributed by atoms with Crippen molar-refractivity contribution >= 4 is 22.9 Å². The van der Waals surface area contributed by atoms with Gasteiger partial charge in [0.2, 0.25) is 0 Å². The molecule has 0 unspecified atom stereocenters. The van der Waals surface area contributed by atoms with Crippen molar-refractivity contribution in [1.29, 1.82) is 0 Å². The lowest BCUT2D eigenvalue weighted by atomic mass is 10.2. The smallest absolute Gasteiger partial charge is 0.269 e. The van der Waals surface area contributed by atoms with E-state index in [2.05, 4.69) is 22.4 Å². The number of nitrogens with one attached hydrogen (secondary N) is 1. The maximum Gasteiger partial charge on any atom is 0.269 e. The zero-order valence-corrected chi connectivity index (χ0v) is 15.1. The lowest BCUT2D eigenvalue weighted by molar-refractivity contribution is -0.384. The van der Waals surface area contributed by atoms with E-state index in [0.29, 0.717) is 12.3 Å². The predicted molar refractivity (Wildman–Crippen MR) is 102 cm³/mol. The van der Waals surface area contributed by atoms with Gasteiger partial charge in [-0.1, -0.05) is 30.3 Å². The van der Waals surface area contributed by atoms with Crippen LogP contribution in [0.4, 0.5) is 5.69 Å². The van der Waals surface area contributed by atoms with E-state index in [1.165, 1.54) is 29.8 Å². The van der Waals surface area contributed by atoms with Gasteiger partial charge in [0.25, 0.3) is 11.6 Å². The van der Waals surface area contributed by atoms with Crippen LogP contribution in [0.25, 0.3) is 0 Å². The number of nitro groups is 1. The third kappa shape index (κ3) is 5.61. The fraction of sp³-hybridized carbons (Fsp3) is 0.158. The van der Waals surface area contributed by atoms with E-state index in [-0.39, 0.29) is 18.2 Å². The van der Waals surface area contributed by atoms with Crippen LogP contribution in [0.5, 0.6) is 5.75 Å². The van der Waals surface area contributed by atoms with E-state index in [1.807, 2.05) is 23.6 Å². The number of aromatic nitrogens is 1. The van der Waals surface area contributed by atoms with Crippen LogP contribution in [0, 0.1) is 10.1 Å². The van der Waals surface area contributed by atoms with E-state index in [0.717, 1.165) is 17.1 Å². The number of benzene rings is 2. The molecule has 8 heteroatoms. The van der Waals surface area contributed by atoms with Gasteiger partial charge in [0.1, 0.15) is 5.75 Å². The summed E-state index contributed by atoms with van der Waals surface area (Å²) in [4.78, 5) is 26.5. The Morgan fingerprint density at radius 1 is 1.15 bits per heavy atom. The van der Waals surface area contributed by atoms with Crippen LogP contribution >= 0.6 is 11.3 Å². The number of nitrogens with zero attached hydrogens (tertiary/aromatic N) is 2. The molecule has 0 aliphatic carbocycles. The fourth-order valence-electron chi connectivity index (χ4n) is 2.33. The highest BCUT2D eigenvalue weighted by atomic mass is 32.1. The van der Waals surface area contributed by atoms with Gasteiger partial charge < -0.3 is 10.1 Å². The van der Waals surface area contributed by atoms with Crippen molar-refractivity contribution in [1.82, 2.24) is 10.3 Å². The number of hydrogen-bond donors (Lipinski definition) is 1. The second-order valence-corrected chi connectivity index (χ2v) is 6.65. The van der Waals surface area contributed by atoms with Gasteiger partial charge in [-0.25, -0.2) is 4.98 Å². The Balaban J connectivity index is 1.43. The van der Waals surface area contributed by atoms with Gasteiger partial charge in [-0.2, -0.15) is 0 Å². The first-order chi connectivity index (χ1) is 13.1. The van der Waals surface area contributed by atoms with Crippen molar-refractivity contribution in [3.8, 4) is 5.75 Å². The molecule has 7 nitrogen and oxygen atoms in total. The first-order valence-electron chi connectivity index (χ1n) is 8.21. The molecule has 0 saturated carbocycles. The van der Waals surface area contributed by atoms with E-state index < -0.39 is 4.92 Å². The van der Waals surface area contributed by atoms with Crippen LogP contribution in [0.15, 0.2) is 60.0 Å². The highest BCUT2D eigenvalue weighted by molar-refractivity contribution is 7.09. The second-order valence-electron chi connectivity index (χ2n) is 5.71. The summed E-state index contributed by atoms with van der Waals surface area (Å²) in [5.74, 6) is 0.112. The molecule has 0 spiro atoms. The molecule has 138 valence electrons. The van der Waals surface area contributed by atoms with Gasteiger partial charge in [0.05, 0.1) is 22.2 Å². The maximum absolute atomic E-state index is 11.9. The number of carbonyl (C=O) groups excluding carboxylic acids is 1. The highest BCUT2D eigenvalue weighted by Gasteiger charge is 2.08. The Bertz CT molecular complexity index is 910. The van der Waals surface area contributed by atoms with Crippen molar-refractivity contribution in [3.05, 3.63) is 86.4 Å². The molecule has 1 heterocycles. The summed E-state index contributed by atoms with van der Waals surface area (Å²) < 4.78 is 5.32. The monoisotopic (exact) mass is 383 g/mol. The lowest BCUT2D eigenvalue weighted by Crippen LogP contribution is -2.28. The molecule has 0 saturated heterocycles. The number of non-ortho nitro benzene ring substituents is 1. The lowest BCUT2D eigenvalue weighted by Gasteiger charge is -2.06. The molecular weight excluding hydrogens is 366 g/mol. The Morgan fingerprint density at radius 2 is 1.89 bits per heavy atom. The van der Waals surface area contributed by atoms with Crippen LogP contribution in [0.1, 0.15) is 16.3 Å². The molecule has 0 radical (unpaired) electrons. The molecule has 1 aromatic heterocycles. The number of hydrogen-bond acceptors (Lipinski definition) is 6. The minimum atomic E-state index is -0.490. The van der Waals surface area contributed by atoms with Gasteiger partial charge in [0.15, 0.2) is 6.61 Å². The first kappa shape index (κ1) is 18.5. The Hall–Kier alpha value is -3.26. The predicted octanol–water partition coefficient (Wildman–Crippen LogP) is 3.34. The highest BCUT2D eigenvalue weighted by Crippen LogP contribution is 2.17. The van der Waals surface area contributed by atoms with E-state index in [9.17, 15) is 14.9 Å². The third-order valence-corrected chi connectivity index (χ3v) is 4.58. The Labute approximate surface area is 159 Å². The summed E-state index contributed by atoms with van der Waals surface area (Å²) in [5.41, 5.74) is 1.97. The molecule has 3 aromatic rings. The quantitative estimate of drug-likeness (QED) is 0.476. The zero-order valence-electron chi connectivity index (χ0n) is 14.3. The molecule has 1 N–H and O–H groups in total. The van der Waals surface area contributed by atoms with Crippen molar-refractivity contribution in [2.45, 2.75) is 13.0 Å². The van der Waals surface area contributed by atoms with Gasteiger partial charge in [-0.15, -0.1) is 11.3 Å². The minimum absolute atomic E-state index is 0.0263. The molecule has 2 aromatic carbocycles. The van der Waals surface area contributed by atoms with Crippen LogP contribution in [0.3, 0.4) is 0 Å². The summed E-state index contributed by atoms with van der Waals surface area (Å²) in [6, 6.07) is 15.7. The van der Waals surface area contributed by atoms with Gasteiger partial charge in [0, 0.05) is 23.9 Å². The standard InChI is InChI=1S/C19H17N3O4S/c23-18(12-26-17-8-6-16(7-9-17)22(24)25)20-11-15-13-27-19(21-15)10-14-4-2-1-3-5-14/h1-9,13H,10-12H2,(H,20,23). The second kappa shape index (κ2) is 8.91. The molecule has 0 aliphatic heterocycles. The van der Waals surface area contributed by atoms with E-state index >= 15 is 0 Å². The summed E-state index contributed by atoms with van der Waals surface area (Å²) in [6.45, 7) is 0.159. The molecular formula is C19H17N3O4S. The van der Waals surface area contributed by atoms with Gasteiger partial charge in [-0.05, 0) is 17.7 Å². The Kier molecular flexibility index (Phi) is 6.11. The summed E-state index contributed by atoms with van der Waals surface area (Å²) >= 11 is 1.56. The summed E-state index contributed by atoms with van der Waals surface area (Å²) in [6.07, 6.45) is 0.767. The molecule has 1 amide bonds. The number of thiazole rings is 1. The number of nitro benzene ring substituents is 1. The van der Waals surface area contributed by atoms with Gasteiger partial charge in [-0.3, -0.25) is 14.9 Å². The average molecular weight is 383 g/mol. The molecule has 0 atom stereocenters. The number of carbonyl (C=O) groups is 1. The summed E-state index contributed by atoms with van der Waals surface area (Å²) in [5, 5.41) is 16.3. The van der Waals surface area contributed by atoms with Crippen LogP contribution in [-0.2, 0) is 17.8 Å². The number of amides is 1. The average Bonchev–Trinajstić information content (AvgIpc) is 3.13. The summed E-state index contributed by atoms with van der Waals surface area (Å²) in [7, 11) is 0. The van der Waals surface area contributed by atoms with Crippen LogP contribution in [0.2, 0.25) is 0 Å². The van der Waals surface area contributed by atoms with E-state index in [4.69, 9.17) is 4.74 Å². The molecule has 0 aliphatic rings. The number of ether oxygens (including phenoxy) is 1. The fourth-order valence-corrected chi connectivity index (χ4v) is 3.16. The van der Waals surface area contributed by atoms with Crippen molar-refractivity contribution in [2.75, 3.05) is 6.61 Å². The number of rotatable bonds is 8. The molecule has 27 heavy (non-hydrogen) atoms. The molecule has 3 rings (SSSR count). The van der Waals surface area contributed by atoms with E-state index in [1.54, 1.807) is 11.3 Å². The van der Waals surface area contributed by atoms with Crippen LogP contribution in [-0.4, -0.2) is 22.4 Å². The maximum atomic E-state index is 11.9. The normalized spacial score (nSPS) is 10.4. The molecule has 0 fully saturated rings. The Morgan fingerprint density at radius 3 is 2.59 bits per heavy atom. The largest absolute Gasteiger partial charge is 0.484 e. The molecule has 0 bridgehead atoms. The van der Waals surface area contributed by atoms with Crippen molar-refractivity contribution < 1.29 is 14.5 Å². The van der Waals surface area contributed by atoms with Crippen molar-refractivity contribution in [2.24, 2.45) is 0 Å². The third-order valence-electron chi connectivity index (χ3n) is 3.68. The van der Waals surface area contributed by atoms with Crippen molar-refractivity contribution in [3.63, 3.8) is 0 Å². The zero-order chi connectivity index (χ0) is 19.1. The first-order valence-corrected chi connectivity index (χ1v) is 9.09. The van der Waals surface area contributed by atoms with Crippen LogP contribution < -0.4 is 10.1 Å². The van der Waals surface area contributed by atoms with Gasteiger partial charge >= 0.3 is 0 Å². The minimum Gasteiger partial charge on any atom is -0.484 e. The SMILES string of the molecule is O=C(COc1ccc([N+](=O)[O-])cc1)NCc1csc(Cc2ccccc2)n1. The topological polar surface area (TPSA) is 94.4 Å².